The number of aromatic nitrogens is 2. The smallest absolute Gasteiger partial charge is 0.181 e. The van der Waals surface area contributed by atoms with Gasteiger partial charge >= 0.3 is 0 Å². The van der Waals surface area contributed by atoms with E-state index in [9.17, 15) is 4.79 Å². The van der Waals surface area contributed by atoms with Crippen molar-refractivity contribution < 1.29 is 9.53 Å². The monoisotopic (exact) mass is 248 g/mol. The zero-order valence-electron chi connectivity index (χ0n) is 10.7. The number of ether oxygens (including phenoxy) is 1. The SMILES string of the molecule is O=C(CCCCC1CCOCC1)c1ccncn1. The molecular weight excluding hydrogens is 228 g/mol. The maximum absolute atomic E-state index is 11.8. The van der Waals surface area contributed by atoms with Crippen LogP contribution in [0.15, 0.2) is 18.6 Å². The van der Waals surface area contributed by atoms with Gasteiger partial charge in [0, 0.05) is 25.8 Å². The van der Waals surface area contributed by atoms with Crippen LogP contribution in [0, 0.1) is 5.92 Å². The standard InChI is InChI=1S/C14H20N2O2/c17-14(13-5-8-15-11-16-13)4-2-1-3-12-6-9-18-10-7-12/h5,8,11-12H,1-4,6-7,9-10H2. The van der Waals surface area contributed by atoms with Crippen molar-refractivity contribution in [1.82, 2.24) is 9.97 Å². The molecule has 1 aliphatic rings. The minimum atomic E-state index is 0.129. The molecule has 1 fully saturated rings. The molecule has 0 amide bonds. The van der Waals surface area contributed by atoms with Crippen LogP contribution in [0.5, 0.6) is 0 Å². The Hall–Kier alpha value is -1.29. The van der Waals surface area contributed by atoms with E-state index in [0.29, 0.717) is 12.1 Å². The molecule has 2 rings (SSSR count). The van der Waals surface area contributed by atoms with Gasteiger partial charge in [-0.1, -0.05) is 12.8 Å². The molecule has 0 unspecified atom stereocenters. The Morgan fingerprint density at radius 1 is 1.33 bits per heavy atom. The van der Waals surface area contributed by atoms with Gasteiger partial charge in [-0.05, 0) is 31.2 Å². The predicted molar refractivity (Wildman–Crippen MR) is 68.4 cm³/mol. The lowest BCUT2D eigenvalue weighted by atomic mass is 9.93. The highest BCUT2D eigenvalue weighted by Crippen LogP contribution is 2.21. The lowest BCUT2D eigenvalue weighted by molar-refractivity contribution is 0.0630. The number of hydrogen-bond acceptors (Lipinski definition) is 4. The fraction of sp³-hybridized carbons (Fsp3) is 0.643. The number of nitrogens with zero attached hydrogens (tertiary/aromatic N) is 2. The Morgan fingerprint density at radius 3 is 2.89 bits per heavy atom. The number of carbonyl (C=O) groups excluding carboxylic acids is 1. The van der Waals surface area contributed by atoms with Gasteiger partial charge in [-0.3, -0.25) is 4.79 Å². The molecule has 0 bridgehead atoms. The Bertz CT molecular complexity index is 361. The second-order valence-corrected chi connectivity index (χ2v) is 4.82. The molecule has 0 aromatic carbocycles. The number of rotatable bonds is 6. The zero-order valence-corrected chi connectivity index (χ0v) is 10.7. The number of Topliss-reactive ketones (excluding diaryl/α,β-unsaturated/α-hetero) is 1. The summed E-state index contributed by atoms with van der Waals surface area (Å²) >= 11 is 0. The summed E-state index contributed by atoms with van der Waals surface area (Å²) in [6, 6.07) is 1.68. The average Bonchev–Trinajstić information content (AvgIpc) is 2.45. The number of unbranched alkanes of at least 4 members (excludes halogenated alkanes) is 1. The van der Waals surface area contributed by atoms with Crippen molar-refractivity contribution in [3.63, 3.8) is 0 Å². The molecule has 0 radical (unpaired) electrons. The van der Waals surface area contributed by atoms with Crippen molar-refractivity contribution >= 4 is 5.78 Å². The van der Waals surface area contributed by atoms with Crippen LogP contribution in [0.2, 0.25) is 0 Å². The predicted octanol–water partition coefficient (Wildman–Crippen LogP) is 2.65. The average molecular weight is 248 g/mol. The first kappa shape index (κ1) is 13.1. The molecule has 1 saturated heterocycles. The van der Waals surface area contributed by atoms with E-state index in [1.54, 1.807) is 12.3 Å². The van der Waals surface area contributed by atoms with E-state index in [4.69, 9.17) is 4.74 Å². The van der Waals surface area contributed by atoms with E-state index in [0.717, 1.165) is 32.0 Å². The van der Waals surface area contributed by atoms with E-state index in [1.807, 2.05) is 0 Å². The van der Waals surface area contributed by atoms with Gasteiger partial charge < -0.3 is 4.74 Å². The second kappa shape index (κ2) is 7.21. The van der Waals surface area contributed by atoms with Crippen LogP contribution < -0.4 is 0 Å². The maximum atomic E-state index is 11.8. The van der Waals surface area contributed by atoms with Crippen molar-refractivity contribution in [3.05, 3.63) is 24.3 Å². The van der Waals surface area contributed by atoms with E-state index in [1.165, 1.54) is 25.6 Å². The van der Waals surface area contributed by atoms with E-state index >= 15 is 0 Å². The first-order valence-corrected chi connectivity index (χ1v) is 6.73. The Kier molecular flexibility index (Phi) is 5.27. The summed E-state index contributed by atoms with van der Waals surface area (Å²) in [5, 5.41) is 0. The molecule has 0 saturated carbocycles. The number of hydrogen-bond donors (Lipinski definition) is 0. The van der Waals surface area contributed by atoms with Gasteiger partial charge in [-0.15, -0.1) is 0 Å². The molecule has 18 heavy (non-hydrogen) atoms. The van der Waals surface area contributed by atoms with Crippen molar-refractivity contribution in [2.24, 2.45) is 5.92 Å². The van der Waals surface area contributed by atoms with Crippen molar-refractivity contribution in [2.45, 2.75) is 38.5 Å². The van der Waals surface area contributed by atoms with Crippen LogP contribution in [0.25, 0.3) is 0 Å². The van der Waals surface area contributed by atoms with Crippen molar-refractivity contribution in [2.75, 3.05) is 13.2 Å². The summed E-state index contributed by atoms with van der Waals surface area (Å²) in [6.45, 7) is 1.81. The van der Waals surface area contributed by atoms with E-state index in [-0.39, 0.29) is 5.78 Å². The van der Waals surface area contributed by atoms with Gasteiger partial charge in [0.05, 0.1) is 0 Å². The van der Waals surface area contributed by atoms with E-state index in [2.05, 4.69) is 9.97 Å². The molecule has 1 aromatic heterocycles. The number of ketones is 1. The lowest BCUT2D eigenvalue weighted by Crippen LogP contribution is -2.15. The number of carbonyl (C=O) groups is 1. The van der Waals surface area contributed by atoms with Gasteiger partial charge in [0.25, 0.3) is 0 Å². The molecule has 1 aliphatic heterocycles. The molecule has 0 atom stereocenters. The van der Waals surface area contributed by atoms with Gasteiger partial charge in [-0.2, -0.15) is 0 Å². The highest BCUT2D eigenvalue weighted by Gasteiger charge is 2.13. The highest BCUT2D eigenvalue weighted by atomic mass is 16.5. The van der Waals surface area contributed by atoms with Crippen LogP contribution in [0.4, 0.5) is 0 Å². The molecule has 0 spiro atoms. The molecule has 4 nitrogen and oxygen atoms in total. The van der Waals surface area contributed by atoms with Crippen molar-refractivity contribution in [3.8, 4) is 0 Å². The Morgan fingerprint density at radius 2 is 2.17 bits per heavy atom. The topological polar surface area (TPSA) is 52.1 Å². The summed E-state index contributed by atoms with van der Waals surface area (Å²) in [6.07, 6.45) is 9.31. The summed E-state index contributed by atoms with van der Waals surface area (Å²) in [4.78, 5) is 19.6. The maximum Gasteiger partial charge on any atom is 0.181 e. The third kappa shape index (κ3) is 4.18. The molecule has 4 heteroatoms. The summed E-state index contributed by atoms with van der Waals surface area (Å²) in [5.74, 6) is 0.928. The Labute approximate surface area is 108 Å². The molecule has 2 heterocycles. The largest absolute Gasteiger partial charge is 0.381 e. The van der Waals surface area contributed by atoms with Gasteiger partial charge in [0.2, 0.25) is 0 Å². The summed E-state index contributed by atoms with van der Waals surface area (Å²) < 4.78 is 5.33. The minimum Gasteiger partial charge on any atom is -0.381 e. The van der Waals surface area contributed by atoms with Gasteiger partial charge in [0.15, 0.2) is 5.78 Å². The molecular formula is C14H20N2O2. The lowest BCUT2D eigenvalue weighted by Gasteiger charge is -2.21. The second-order valence-electron chi connectivity index (χ2n) is 4.82. The van der Waals surface area contributed by atoms with Crippen LogP contribution in [0.1, 0.15) is 49.0 Å². The van der Waals surface area contributed by atoms with Gasteiger partial charge in [0.1, 0.15) is 12.0 Å². The van der Waals surface area contributed by atoms with Gasteiger partial charge in [-0.25, -0.2) is 9.97 Å². The summed E-state index contributed by atoms with van der Waals surface area (Å²) in [5.41, 5.74) is 0.538. The molecule has 98 valence electrons. The first-order valence-electron chi connectivity index (χ1n) is 6.73. The molecule has 0 N–H and O–H groups in total. The Balaban J connectivity index is 1.62. The highest BCUT2D eigenvalue weighted by molar-refractivity contribution is 5.93. The fourth-order valence-electron chi connectivity index (χ4n) is 2.34. The van der Waals surface area contributed by atoms with Crippen LogP contribution in [-0.2, 0) is 4.74 Å². The normalized spacial score (nSPS) is 16.7. The molecule has 0 aliphatic carbocycles. The molecule has 1 aromatic rings. The van der Waals surface area contributed by atoms with Crippen LogP contribution in [-0.4, -0.2) is 29.0 Å². The third-order valence-electron chi connectivity index (χ3n) is 3.47. The third-order valence-corrected chi connectivity index (χ3v) is 3.47. The van der Waals surface area contributed by atoms with Crippen molar-refractivity contribution in [1.29, 1.82) is 0 Å². The van der Waals surface area contributed by atoms with Crippen LogP contribution in [0.3, 0.4) is 0 Å². The summed E-state index contributed by atoms with van der Waals surface area (Å²) in [7, 11) is 0. The minimum absolute atomic E-state index is 0.129. The van der Waals surface area contributed by atoms with Crippen LogP contribution >= 0.6 is 0 Å². The first-order chi connectivity index (χ1) is 8.86. The quantitative estimate of drug-likeness (QED) is 0.573. The fourth-order valence-corrected chi connectivity index (χ4v) is 2.34. The zero-order chi connectivity index (χ0) is 12.6. The van der Waals surface area contributed by atoms with E-state index < -0.39 is 0 Å².